The summed E-state index contributed by atoms with van der Waals surface area (Å²) in [6.45, 7) is 2.83. The average Bonchev–Trinajstić information content (AvgIpc) is 2.36. The van der Waals surface area contributed by atoms with E-state index in [-0.39, 0.29) is 5.56 Å². The Hall–Kier alpha value is -2.81. The van der Waals surface area contributed by atoms with E-state index >= 15 is 0 Å². The van der Waals surface area contributed by atoms with Gasteiger partial charge < -0.3 is 14.6 Å². The number of hydrogen-bond acceptors (Lipinski definition) is 6. The third kappa shape index (κ3) is 2.47. The highest BCUT2D eigenvalue weighted by molar-refractivity contribution is 6.20. The second-order valence-electron chi connectivity index (χ2n) is 4.59. The number of carbonyl (C=O) groups excluding carboxylic acids is 2. The minimum Gasteiger partial charge on any atom is -0.506 e. The molecule has 1 N–H and O–H groups in total. The van der Waals surface area contributed by atoms with Gasteiger partial charge >= 0.3 is 11.9 Å². The third-order valence-electron chi connectivity index (χ3n) is 2.61. The highest BCUT2D eigenvalue weighted by Gasteiger charge is 2.41. The number of nitrogens with zero attached hydrogens (tertiary/aromatic N) is 1. The van der Waals surface area contributed by atoms with Crippen molar-refractivity contribution >= 4 is 17.7 Å². The Morgan fingerprint density at radius 3 is 2.10 bits per heavy atom. The summed E-state index contributed by atoms with van der Waals surface area (Å²) < 4.78 is 9.78. The van der Waals surface area contributed by atoms with Crippen LogP contribution in [-0.4, -0.2) is 22.8 Å². The second-order valence-corrected chi connectivity index (χ2v) is 4.59. The molecule has 20 heavy (non-hydrogen) atoms. The molecule has 102 valence electrons. The summed E-state index contributed by atoms with van der Waals surface area (Å²) in [7, 11) is 0. The van der Waals surface area contributed by atoms with Crippen LogP contribution >= 0.6 is 0 Å². The predicted octanol–water partition coefficient (Wildman–Crippen LogP) is 1.66. The molecule has 0 aromatic heterocycles. The number of nitriles is 1. The normalized spacial score (nSPS) is 16.9. The van der Waals surface area contributed by atoms with Gasteiger partial charge in [-0.05, 0) is 24.3 Å². The first-order valence-corrected chi connectivity index (χ1v) is 5.74. The van der Waals surface area contributed by atoms with Crippen LogP contribution in [0.15, 0.2) is 29.8 Å². The molecule has 0 bridgehead atoms. The Bertz CT molecular complexity index is 627. The first-order valence-electron chi connectivity index (χ1n) is 5.74. The molecule has 0 atom stereocenters. The smallest absolute Gasteiger partial charge is 0.352 e. The molecule has 0 saturated carbocycles. The van der Waals surface area contributed by atoms with Gasteiger partial charge in [-0.15, -0.1) is 0 Å². The summed E-state index contributed by atoms with van der Waals surface area (Å²) in [6.07, 6.45) is 0. The molecule has 6 nitrogen and oxygen atoms in total. The molecule has 1 aliphatic rings. The number of cyclic esters (lactones) is 2. The lowest BCUT2D eigenvalue weighted by Gasteiger charge is -2.30. The van der Waals surface area contributed by atoms with Crippen LogP contribution in [0.25, 0.3) is 5.76 Å². The molecular formula is C14H11NO5. The van der Waals surface area contributed by atoms with Crippen molar-refractivity contribution < 1.29 is 24.2 Å². The molecule has 1 fully saturated rings. The van der Waals surface area contributed by atoms with Crippen LogP contribution in [-0.2, 0) is 19.1 Å². The zero-order chi connectivity index (χ0) is 14.9. The SMILES string of the molecule is CC1(C)OC(=O)C(=C(O)c2ccc(C#N)cc2)C(=O)O1. The molecule has 1 aromatic carbocycles. The van der Waals surface area contributed by atoms with E-state index in [4.69, 9.17) is 14.7 Å². The first-order chi connectivity index (χ1) is 9.34. The van der Waals surface area contributed by atoms with E-state index in [2.05, 4.69) is 0 Å². The second kappa shape index (κ2) is 4.70. The van der Waals surface area contributed by atoms with Gasteiger partial charge in [0, 0.05) is 19.4 Å². The van der Waals surface area contributed by atoms with Gasteiger partial charge in [0.05, 0.1) is 11.6 Å². The molecule has 0 unspecified atom stereocenters. The minimum absolute atomic E-state index is 0.215. The molecule has 0 amide bonds. The summed E-state index contributed by atoms with van der Waals surface area (Å²) >= 11 is 0. The molecule has 0 radical (unpaired) electrons. The van der Waals surface area contributed by atoms with Crippen LogP contribution in [0.4, 0.5) is 0 Å². The first kappa shape index (κ1) is 13.6. The lowest BCUT2D eigenvalue weighted by molar-refractivity contribution is -0.222. The van der Waals surface area contributed by atoms with Gasteiger partial charge in [-0.25, -0.2) is 9.59 Å². The number of hydrogen-bond donors (Lipinski definition) is 1. The van der Waals surface area contributed by atoms with E-state index < -0.39 is 29.1 Å². The van der Waals surface area contributed by atoms with Crippen LogP contribution in [0.1, 0.15) is 25.0 Å². The Morgan fingerprint density at radius 2 is 1.65 bits per heavy atom. The summed E-state index contributed by atoms with van der Waals surface area (Å²) in [5.74, 6) is -3.80. The monoisotopic (exact) mass is 273 g/mol. The molecule has 2 rings (SSSR count). The summed E-state index contributed by atoms with van der Waals surface area (Å²) in [6, 6.07) is 7.66. The fourth-order valence-electron chi connectivity index (χ4n) is 1.69. The number of esters is 2. The topological polar surface area (TPSA) is 96.6 Å². The van der Waals surface area contributed by atoms with Gasteiger partial charge in [-0.2, -0.15) is 5.26 Å². The van der Waals surface area contributed by atoms with Gasteiger partial charge in [0.2, 0.25) is 0 Å². The van der Waals surface area contributed by atoms with E-state index in [1.807, 2.05) is 6.07 Å². The fraction of sp³-hybridized carbons (Fsp3) is 0.214. The van der Waals surface area contributed by atoms with Crippen LogP contribution in [0, 0.1) is 11.3 Å². The van der Waals surface area contributed by atoms with Crippen molar-refractivity contribution in [1.29, 1.82) is 5.26 Å². The maximum atomic E-state index is 11.8. The van der Waals surface area contributed by atoms with E-state index in [9.17, 15) is 14.7 Å². The summed E-state index contributed by atoms with van der Waals surface area (Å²) in [4.78, 5) is 23.5. The molecular weight excluding hydrogens is 262 g/mol. The maximum Gasteiger partial charge on any atom is 0.352 e. The Morgan fingerprint density at radius 1 is 1.15 bits per heavy atom. The van der Waals surface area contributed by atoms with Crippen molar-refractivity contribution in [2.75, 3.05) is 0 Å². The van der Waals surface area contributed by atoms with Crippen molar-refractivity contribution in [3.8, 4) is 6.07 Å². The standard InChI is InChI=1S/C14H11NO5/c1-14(2)19-12(17)10(13(18)20-14)11(16)9-5-3-8(7-15)4-6-9/h3-6,16H,1-2H3. The van der Waals surface area contributed by atoms with Gasteiger partial charge in [-0.1, -0.05) is 0 Å². The van der Waals surface area contributed by atoms with Crippen molar-refractivity contribution in [3.63, 3.8) is 0 Å². The Balaban J connectivity index is 2.43. The third-order valence-corrected chi connectivity index (χ3v) is 2.61. The van der Waals surface area contributed by atoms with Crippen LogP contribution in [0.2, 0.25) is 0 Å². The van der Waals surface area contributed by atoms with Crippen LogP contribution < -0.4 is 0 Å². The Labute approximate surface area is 114 Å². The number of carbonyl (C=O) groups is 2. The van der Waals surface area contributed by atoms with Crippen molar-refractivity contribution in [2.24, 2.45) is 0 Å². The largest absolute Gasteiger partial charge is 0.506 e. The van der Waals surface area contributed by atoms with Crippen molar-refractivity contribution in [1.82, 2.24) is 0 Å². The van der Waals surface area contributed by atoms with Gasteiger partial charge in [-0.3, -0.25) is 0 Å². The maximum absolute atomic E-state index is 11.8. The number of rotatable bonds is 1. The minimum atomic E-state index is -1.36. The molecule has 6 heteroatoms. The van der Waals surface area contributed by atoms with Gasteiger partial charge in [0.1, 0.15) is 5.76 Å². The van der Waals surface area contributed by atoms with E-state index in [0.717, 1.165) is 0 Å². The summed E-state index contributed by atoms with van der Waals surface area (Å²) in [5.41, 5.74) is 0.0446. The molecule has 1 saturated heterocycles. The van der Waals surface area contributed by atoms with Gasteiger partial charge in [0.15, 0.2) is 5.57 Å². The Kier molecular flexibility index (Phi) is 3.20. The lowest BCUT2D eigenvalue weighted by Crippen LogP contribution is -2.42. The lowest BCUT2D eigenvalue weighted by atomic mass is 10.1. The van der Waals surface area contributed by atoms with E-state index in [0.29, 0.717) is 5.56 Å². The summed E-state index contributed by atoms with van der Waals surface area (Å²) in [5, 5.41) is 18.7. The number of aliphatic hydroxyl groups is 1. The average molecular weight is 273 g/mol. The zero-order valence-electron chi connectivity index (χ0n) is 10.8. The number of aliphatic hydroxyl groups excluding tert-OH is 1. The number of benzene rings is 1. The highest BCUT2D eigenvalue weighted by atomic mass is 16.7. The van der Waals surface area contributed by atoms with Crippen molar-refractivity contribution in [3.05, 3.63) is 41.0 Å². The van der Waals surface area contributed by atoms with E-state index in [1.54, 1.807) is 0 Å². The fourth-order valence-corrected chi connectivity index (χ4v) is 1.69. The molecule has 0 spiro atoms. The predicted molar refractivity (Wildman–Crippen MR) is 67.0 cm³/mol. The molecule has 1 aromatic rings. The van der Waals surface area contributed by atoms with Crippen LogP contribution in [0.3, 0.4) is 0 Å². The van der Waals surface area contributed by atoms with Crippen LogP contribution in [0.5, 0.6) is 0 Å². The molecule has 0 aliphatic carbocycles. The van der Waals surface area contributed by atoms with E-state index in [1.165, 1.54) is 38.1 Å². The zero-order valence-corrected chi connectivity index (χ0v) is 10.8. The molecule has 1 heterocycles. The van der Waals surface area contributed by atoms with Gasteiger partial charge in [0.25, 0.3) is 5.79 Å². The quantitative estimate of drug-likeness (QED) is 0.362. The number of ether oxygens (including phenoxy) is 2. The molecule has 1 aliphatic heterocycles. The highest BCUT2D eigenvalue weighted by Crippen LogP contribution is 2.27. The van der Waals surface area contributed by atoms with Crippen molar-refractivity contribution in [2.45, 2.75) is 19.6 Å².